The molecule has 0 aliphatic carbocycles. The van der Waals surface area contributed by atoms with Crippen molar-refractivity contribution < 1.29 is 9.53 Å². The third kappa shape index (κ3) is 4.48. The van der Waals surface area contributed by atoms with E-state index >= 15 is 0 Å². The van der Waals surface area contributed by atoms with Gasteiger partial charge in [0, 0.05) is 18.8 Å². The van der Waals surface area contributed by atoms with Crippen molar-refractivity contribution in [3.63, 3.8) is 0 Å². The molecule has 1 fully saturated rings. The van der Waals surface area contributed by atoms with Crippen LogP contribution >= 0.6 is 11.6 Å². The smallest absolute Gasteiger partial charge is 0.243 e. The van der Waals surface area contributed by atoms with Gasteiger partial charge in [-0.05, 0) is 37.6 Å². The summed E-state index contributed by atoms with van der Waals surface area (Å²) in [6, 6.07) is 11.7. The molecule has 1 amide bonds. The zero-order valence-electron chi connectivity index (χ0n) is 15.1. The molecule has 0 saturated carbocycles. The van der Waals surface area contributed by atoms with Gasteiger partial charge >= 0.3 is 0 Å². The zero-order valence-corrected chi connectivity index (χ0v) is 15.9. The van der Waals surface area contributed by atoms with E-state index in [-0.39, 0.29) is 12.5 Å². The Morgan fingerprint density at radius 1 is 1.15 bits per heavy atom. The molecule has 138 valence electrons. The molecule has 5 nitrogen and oxygen atoms in total. The third-order valence-corrected chi connectivity index (χ3v) is 4.71. The van der Waals surface area contributed by atoms with Crippen LogP contribution in [-0.2, 0) is 9.53 Å². The fourth-order valence-corrected chi connectivity index (χ4v) is 3.38. The largest absolute Gasteiger partial charge is 0.378 e. The lowest BCUT2D eigenvalue weighted by atomic mass is 10.1. The highest BCUT2D eigenvalue weighted by atomic mass is 35.5. The fraction of sp³-hybridized carbons (Fsp3) is 0.350. The molecule has 2 N–H and O–H groups in total. The van der Waals surface area contributed by atoms with Gasteiger partial charge < -0.3 is 20.3 Å². The van der Waals surface area contributed by atoms with Gasteiger partial charge in [-0.25, -0.2) is 0 Å². The molecule has 0 bridgehead atoms. The van der Waals surface area contributed by atoms with Gasteiger partial charge in [0.1, 0.15) is 0 Å². The molecule has 1 aliphatic heterocycles. The number of morpholine rings is 1. The normalized spacial score (nSPS) is 14.2. The van der Waals surface area contributed by atoms with Crippen LogP contribution < -0.4 is 15.5 Å². The van der Waals surface area contributed by atoms with Gasteiger partial charge in [-0.3, -0.25) is 4.79 Å². The Balaban J connectivity index is 1.67. The number of aryl methyl sites for hydroxylation is 2. The van der Waals surface area contributed by atoms with E-state index in [1.165, 1.54) is 5.56 Å². The van der Waals surface area contributed by atoms with Gasteiger partial charge in [0.2, 0.25) is 5.91 Å². The quantitative estimate of drug-likeness (QED) is 0.836. The summed E-state index contributed by atoms with van der Waals surface area (Å²) in [5.41, 5.74) is 4.84. The summed E-state index contributed by atoms with van der Waals surface area (Å²) in [5.74, 6) is -0.0927. The van der Waals surface area contributed by atoms with E-state index in [0.29, 0.717) is 18.2 Å². The van der Waals surface area contributed by atoms with Gasteiger partial charge in [-0.2, -0.15) is 0 Å². The summed E-state index contributed by atoms with van der Waals surface area (Å²) in [5, 5.41) is 6.85. The van der Waals surface area contributed by atoms with Crippen molar-refractivity contribution >= 4 is 34.6 Å². The van der Waals surface area contributed by atoms with Gasteiger partial charge in [0.15, 0.2) is 0 Å². The number of anilines is 3. The molecule has 0 radical (unpaired) electrons. The van der Waals surface area contributed by atoms with Crippen LogP contribution in [0.5, 0.6) is 0 Å². The highest BCUT2D eigenvalue weighted by molar-refractivity contribution is 6.34. The molecule has 1 aliphatic rings. The average molecular weight is 374 g/mol. The first-order chi connectivity index (χ1) is 12.5. The lowest BCUT2D eigenvalue weighted by molar-refractivity contribution is -0.114. The summed E-state index contributed by atoms with van der Waals surface area (Å²) in [7, 11) is 0. The molecule has 0 unspecified atom stereocenters. The van der Waals surface area contributed by atoms with Crippen LogP contribution in [-0.4, -0.2) is 38.8 Å². The number of nitrogens with one attached hydrogen (secondary N) is 2. The van der Waals surface area contributed by atoms with E-state index < -0.39 is 0 Å². The second-order valence-electron chi connectivity index (χ2n) is 6.46. The summed E-state index contributed by atoms with van der Waals surface area (Å²) < 4.78 is 5.42. The summed E-state index contributed by atoms with van der Waals surface area (Å²) >= 11 is 6.42. The third-order valence-electron chi connectivity index (χ3n) is 4.41. The van der Waals surface area contributed by atoms with Crippen LogP contribution in [0, 0.1) is 13.8 Å². The SMILES string of the molecule is Cc1ccc(NC(=O)CNc2cccc(Cl)c2N2CCOCC2)c(C)c1. The molecule has 0 spiro atoms. The van der Waals surface area contributed by atoms with Crippen molar-refractivity contribution in [3.8, 4) is 0 Å². The number of benzene rings is 2. The number of nitrogens with zero attached hydrogens (tertiary/aromatic N) is 1. The Bertz CT molecular complexity index is 789. The van der Waals surface area contributed by atoms with Crippen LogP contribution in [0.3, 0.4) is 0 Å². The van der Waals surface area contributed by atoms with Crippen molar-refractivity contribution in [2.24, 2.45) is 0 Å². The Hall–Kier alpha value is -2.24. The summed E-state index contributed by atoms with van der Waals surface area (Å²) in [4.78, 5) is 14.5. The lowest BCUT2D eigenvalue weighted by Gasteiger charge is -2.31. The van der Waals surface area contributed by atoms with Crippen LogP contribution in [0.25, 0.3) is 0 Å². The van der Waals surface area contributed by atoms with E-state index in [9.17, 15) is 4.79 Å². The van der Waals surface area contributed by atoms with Crippen LogP contribution in [0.4, 0.5) is 17.1 Å². The predicted molar refractivity (Wildman–Crippen MR) is 108 cm³/mol. The molecular formula is C20H24ClN3O2. The molecule has 2 aromatic carbocycles. The first-order valence-electron chi connectivity index (χ1n) is 8.77. The molecule has 26 heavy (non-hydrogen) atoms. The maximum atomic E-state index is 12.4. The monoisotopic (exact) mass is 373 g/mol. The van der Waals surface area contributed by atoms with Gasteiger partial charge in [0.25, 0.3) is 0 Å². The molecule has 3 rings (SSSR count). The van der Waals surface area contributed by atoms with E-state index in [1.807, 2.05) is 44.2 Å². The number of rotatable bonds is 5. The van der Waals surface area contributed by atoms with Crippen molar-refractivity contribution in [1.82, 2.24) is 0 Å². The minimum atomic E-state index is -0.0927. The lowest BCUT2D eigenvalue weighted by Crippen LogP contribution is -2.37. The standard InChI is InChI=1S/C20H24ClN3O2/c1-14-6-7-17(15(2)12-14)23-19(25)13-22-18-5-3-4-16(21)20(18)24-8-10-26-11-9-24/h3-7,12,22H,8-11,13H2,1-2H3,(H,23,25). The number of hydrogen-bond donors (Lipinski definition) is 2. The first kappa shape index (κ1) is 18.5. The Morgan fingerprint density at radius 2 is 1.92 bits per heavy atom. The van der Waals surface area contributed by atoms with E-state index in [1.54, 1.807) is 0 Å². The second kappa shape index (κ2) is 8.43. The highest BCUT2D eigenvalue weighted by Gasteiger charge is 2.18. The zero-order chi connectivity index (χ0) is 18.5. The minimum Gasteiger partial charge on any atom is -0.378 e. The van der Waals surface area contributed by atoms with Crippen molar-refractivity contribution in [1.29, 1.82) is 0 Å². The van der Waals surface area contributed by atoms with E-state index in [0.717, 1.165) is 35.7 Å². The molecule has 6 heteroatoms. The number of amides is 1. The molecule has 0 aromatic heterocycles. The number of hydrogen-bond acceptors (Lipinski definition) is 4. The van der Waals surface area contributed by atoms with Gasteiger partial charge in [-0.1, -0.05) is 35.4 Å². The fourth-order valence-electron chi connectivity index (χ4n) is 3.09. The van der Waals surface area contributed by atoms with E-state index in [2.05, 4.69) is 21.6 Å². The molecule has 2 aromatic rings. The average Bonchev–Trinajstić information content (AvgIpc) is 2.63. The van der Waals surface area contributed by atoms with Crippen molar-refractivity contribution in [3.05, 3.63) is 52.5 Å². The number of halogens is 1. The summed E-state index contributed by atoms with van der Waals surface area (Å²) in [6.45, 7) is 7.12. The summed E-state index contributed by atoms with van der Waals surface area (Å²) in [6.07, 6.45) is 0. The van der Waals surface area contributed by atoms with Crippen molar-refractivity contribution in [2.75, 3.05) is 48.4 Å². The van der Waals surface area contributed by atoms with Gasteiger partial charge in [0.05, 0.1) is 36.2 Å². The second-order valence-corrected chi connectivity index (χ2v) is 6.86. The minimum absolute atomic E-state index is 0.0927. The Morgan fingerprint density at radius 3 is 2.65 bits per heavy atom. The number of carbonyl (C=O) groups excluding carboxylic acids is 1. The molecule has 1 heterocycles. The maximum Gasteiger partial charge on any atom is 0.243 e. The maximum absolute atomic E-state index is 12.4. The Labute approximate surface area is 159 Å². The highest BCUT2D eigenvalue weighted by Crippen LogP contribution is 2.34. The predicted octanol–water partition coefficient (Wildman–Crippen LogP) is 3.84. The van der Waals surface area contributed by atoms with Crippen molar-refractivity contribution in [2.45, 2.75) is 13.8 Å². The molecular weight excluding hydrogens is 350 g/mol. The van der Waals surface area contributed by atoms with Crippen LogP contribution in [0.1, 0.15) is 11.1 Å². The molecule has 1 saturated heterocycles. The number of para-hydroxylation sites is 1. The first-order valence-corrected chi connectivity index (χ1v) is 9.14. The topological polar surface area (TPSA) is 53.6 Å². The Kier molecular flexibility index (Phi) is 6.01. The number of ether oxygens (including phenoxy) is 1. The van der Waals surface area contributed by atoms with E-state index in [4.69, 9.17) is 16.3 Å². The van der Waals surface area contributed by atoms with Crippen LogP contribution in [0.15, 0.2) is 36.4 Å². The number of carbonyl (C=O) groups is 1. The van der Waals surface area contributed by atoms with Gasteiger partial charge in [-0.15, -0.1) is 0 Å². The van der Waals surface area contributed by atoms with Crippen LogP contribution in [0.2, 0.25) is 5.02 Å². The molecule has 0 atom stereocenters.